The van der Waals surface area contributed by atoms with E-state index in [1.54, 1.807) is 0 Å². The first-order valence-corrected chi connectivity index (χ1v) is 8.56. The second-order valence-corrected chi connectivity index (χ2v) is 7.21. The van der Waals surface area contributed by atoms with Crippen LogP contribution in [0.1, 0.15) is 24.8 Å². The lowest BCUT2D eigenvalue weighted by Crippen LogP contribution is -2.52. The van der Waals surface area contributed by atoms with Crippen LogP contribution in [0, 0.1) is 5.92 Å². The highest BCUT2D eigenvalue weighted by Crippen LogP contribution is 2.44. The number of fused-ring (bicyclic) bond motifs is 2. The van der Waals surface area contributed by atoms with Crippen molar-refractivity contribution in [1.29, 1.82) is 0 Å². The van der Waals surface area contributed by atoms with E-state index in [-0.39, 0.29) is 17.9 Å². The molecule has 2 fully saturated rings. The van der Waals surface area contributed by atoms with Gasteiger partial charge in [-0.05, 0) is 31.0 Å². The first-order valence-electron chi connectivity index (χ1n) is 7.76. The number of carbonyl (C=O) groups excluding carboxylic acids is 2. The molecule has 1 spiro atoms. The Balaban J connectivity index is 1.76. The molecule has 2 saturated heterocycles. The fourth-order valence-electron chi connectivity index (χ4n) is 3.70. The van der Waals surface area contributed by atoms with Crippen molar-refractivity contribution in [1.82, 2.24) is 10.6 Å². The van der Waals surface area contributed by atoms with Crippen molar-refractivity contribution in [2.45, 2.75) is 30.9 Å². The number of nitrogens with one attached hydrogen (secondary N) is 2. The van der Waals surface area contributed by atoms with Crippen LogP contribution in [0.25, 0.3) is 0 Å². The highest BCUT2D eigenvalue weighted by molar-refractivity contribution is 9.10. The maximum atomic E-state index is 12.6. The number of amides is 3. The van der Waals surface area contributed by atoms with Gasteiger partial charge in [-0.1, -0.05) is 15.9 Å². The van der Waals surface area contributed by atoms with E-state index < -0.39 is 11.6 Å². The van der Waals surface area contributed by atoms with Crippen molar-refractivity contribution in [3.63, 3.8) is 0 Å². The summed E-state index contributed by atoms with van der Waals surface area (Å²) >= 11 is 3.43. The van der Waals surface area contributed by atoms with E-state index >= 15 is 0 Å². The van der Waals surface area contributed by atoms with E-state index in [1.165, 1.54) is 0 Å². The fraction of sp³-hybridized carbons (Fsp3) is 0.500. The third kappa shape index (κ3) is 2.42. The average molecular weight is 381 g/mol. The molecule has 1 aromatic rings. The van der Waals surface area contributed by atoms with Crippen LogP contribution in [-0.4, -0.2) is 31.3 Å². The summed E-state index contributed by atoms with van der Waals surface area (Å²) in [6, 6.07) is 5.10. The predicted molar refractivity (Wildman–Crippen MR) is 85.1 cm³/mol. The van der Waals surface area contributed by atoms with Gasteiger partial charge in [-0.3, -0.25) is 10.1 Å². The quantitative estimate of drug-likeness (QED) is 0.731. The van der Waals surface area contributed by atoms with Crippen molar-refractivity contribution < 1.29 is 19.1 Å². The molecular weight excluding hydrogens is 364 g/mol. The number of hydrogen-bond donors (Lipinski definition) is 2. The molecule has 23 heavy (non-hydrogen) atoms. The number of halogens is 1. The van der Waals surface area contributed by atoms with Crippen molar-refractivity contribution in [2.24, 2.45) is 5.92 Å². The van der Waals surface area contributed by atoms with Crippen LogP contribution in [0.5, 0.6) is 5.75 Å². The summed E-state index contributed by atoms with van der Waals surface area (Å²) in [6.07, 6.45) is 2.25. The Hall–Kier alpha value is -1.60. The number of benzene rings is 1. The zero-order chi connectivity index (χ0) is 16.0. The van der Waals surface area contributed by atoms with E-state index in [0.29, 0.717) is 24.3 Å². The molecule has 0 bridgehead atoms. The van der Waals surface area contributed by atoms with E-state index in [9.17, 15) is 9.59 Å². The molecule has 0 aliphatic carbocycles. The largest absolute Gasteiger partial charge is 0.490 e. The minimum Gasteiger partial charge on any atom is -0.490 e. The van der Waals surface area contributed by atoms with Gasteiger partial charge < -0.3 is 14.8 Å². The van der Waals surface area contributed by atoms with Gasteiger partial charge in [0.05, 0.1) is 6.61 Å². The zero-order valence-electron chi connectivity index (χ0n) is 12.4. The Labute approximate surface area is 142 Å². The average Bonchev–Trinajstić information content (AvgIpc) is 2.83. The second-order valence-electron chi connectivity index (χ2n) is 6.29. The van der Waals surface area contributed by atoms with E-state index in [2.05, 4.69) is 26.6 Å². The van der Waals surface area contributed by atoms with E-state index in [1.807, 2.05) is 18.2 Å². The Morgan fingerprint density at radius 1 is 1.30 bits per heavy atom. The molecule has 0 saturated carbocycles. The molecule has 3 unspecified atom stereocenters. The van der Waals surface area contributed by atoms with Crippen LogP contribution in [-0.2, 0) is 15.1 Å². The molecule has 0 aromatic heterocycles. The SMILES string of the molecule is O=C1NC(=O)C2(CC(C3CCCOC3)Oc3ccc(Br)cc32)N1. The summed E-state index contributed by atoms with van der Waals surface area (Å²) < 4.78 is 12.6. The molecule has 3 heterocycles. The first-order chi connectivity index (χ1) is 11.1. The first kappa shape index (κ1) is 15.0. The molecule has 0 radical (unpaired) electrons. The van der Waals surface area contributed by atoms with Crippen LogP contribution in [0.4, 0.5) is 4.79 Å². The fourth-order valence-corrected chi connectivity index (χ4v) is 4.06. The molecule has 6 nitrogen and oxygen atoms in total. The number of hydrogen-bond acceptors (Lipinski definition) is 4. The molecule has 4 rings (SSSR count). The van der Waals surface area contributed by atoms with Crippen LogP contribution in [0.2, 0.25) is 0 Å². The van der Waals surface area contributed by atoms with Gasteiger partial charge in [-0.2, -0.15) is 0 Å². The molecule has 2 N–H and O–H groups in total. The molecule has 3 aliphatic heterocycles. The number of carbonyl (C=O) groups is 2. The summed E-state index contributed by atoms with van der Waals surface area (Å²) in [4.78, 5) is 24.4. The van der Waals surface area contributed by atoms with E-state index in [0.717, 1.165) is 23.9 Å². The third-order valence-corrected chi connectivity index (χ3v) is 5.34. The minimum absolute atomic E-state index is 0.159. The lowest BCUT2D eigenvalue weighted by molar-refractivity contribution is -0.127. The van der Waals surface area contributed by atoms with Gasteiger partial charge in [0.25, 0.3) is 5.91 Å². The summed E-state index contributed by atoms with van der Waals surface area (Å²) in [5.74, 6) is 0.557. The molecule has 3 aliphatic rings. The molecule has 3 amide bonds. The number of imide groups is 1. The minimum atomic E-state index is -1.06. The van der Waals surface area contributed by atoms with Crippen molar-refractivity contribution in [3.05, 3.63) is 28.2 Å². The Bertz CT molecular complexity index is 674. The van der Waals surface area contributed by atoms with Crippen molar-refractivity contribution in [3.8, 4) is 5.75 Å². The van der Waals surface area contributed by atoms with Crippen LogP contribution >= 0.6 is 15.9 Å². The normalized spacial score (nSPS) is 32.9. The Morgan fingerprint density at radius 3 is 2.87 bits per heavy atom. The lowest BCUT2D eigenvalue weighted by atomic mass is 9.78. The van der Waals surface area contributed by atoms with Gasteiger partial charge >= 0.3 is 6.03 Å². The lowest BCUT2D eigenvalue weighted by Gasteiger charge is -2.41. The summed E-state index contributed by atoms with van der Waals surface area (Å²) in [5.41, 5.74) is -0.362. The summed E-state index contributed by atoms with van der Waals surface area (Å²) in [7, 11) is 0. The summed E-state index contributed by atoms with van der Waals surface area (Å²) in [6.45, 7) is 1.40. The summed E-state index contributed by atoms with van der Waals surface area (Å²) in [5, 5.41) is 5.20. The Morgan fingerprint density at radius 2 is 2.17 bits per heavy atom. The number of ether oxygens (including phenoxy) is 2. The standard InChI is InChI=1S/C16H17BrN2O4/c17-10-3-4-12-11(6-10)16(14(20)18-15(21)19-16)7-13(23-12)9-2-1-5-22-8-9/h3-4,6,9,13H,1-2,5,7-8H2,(H2,18,19,20,21). The van der Waals surface area contributed by atoms with Gasteiger partial charge in [-0.25, -0.2) is 4.79 Å². The number of rotatable bonds is 1. The number of urea groups is 1. The zero-order valence-corrected chi connectivity index (χ0v) is 14.0. The second kappa shape index (κ2) is 5.49. The maximum absolute atomic E-state index is 12.6. The van der Waals surface area contributed by atoms with E-state index in [4.69, 9.17) is 9.47 Å². The smallest absolute Gasteiger partial charge is 0.322 e. The predicted octanol–water partition coefficient (Wildman–Crippen LogP) is 2.06. The maximum Gasteiger partial charge on any atom is 0.322 e. The van der Waals surface area contributed by atoms with Crippen molar-refractivity contribution >= 4 is 27.9 Å². The van der Waals surface area contributed by atoms with Gasteiger partial charge in [0.2, 0.25) is 0 Å². The van der Waals surface area contributed by atoms with Gasteiger partial charge in [0.1, 0.15) is 11.9 Å². The van der Waals surface area contributed by atoms with Crippen molar-refractivity contribution in [2.75, 3.05) is 13.2 Å². The van der Waals surface area contributed by atoms with Crippen LogP contribution in [0.3, 0.4) is 0 Å². The van der Waals surface area contributed by atoms with Gasteiger partial charge in [0, 0.05) is 29.0 Å². The monoisotopic (exact) mass is 380 g/mol. The highest BCUT2D eigenvalue weighted by atomic mass is 79.9. The van der Waals surface area contributed by atoms with Gasteiger partial charge in [0.15, 0.2) is 5.54 Å². The van der Waals surface area contributed by atoms with Crippen LogP contribution in [0.15, 0.2) is 22.7 Å². The molecule has 7 heteroatoms. The topological polar surface area (TPSA) is 76.7 Å². The highest BCUT2D eigenvalue weighted by Gasteiger charge is 2.54. The molecule has 1 aromatic carbocycles. The third-order valence-electron chi connectivity index (χ3n) is 4.85. The Kier molecular flexibility index (Phi) is 3.57. The van der Waals surface area contributed by atoms with Gasteiger partial charge in [-0.15, -0.1) is 0 Å². The molecule has 3 atom stereocenters. The molecule has 122 valence electrons. The van der Waals surface area contributed by atoms with Crippen LogP contribution < -0.4 is 15.4 Å². The molecular formula is C16H17BrN2O4.